The van der Waals surface area contributed by atoms with E-state index in [4.69, 9.17) is 21.1 Å². The van der Waals surface area contributed by atoms with Crippen LogP contribution in [0, 0.1) is 0 Å². The van der Waals surface area contributed by atoms with E-state index in [2.05, 4.69) is 15.6 Å². The smallest absolute Gasteiger partial charge is 0.391 e. The molecular formula is C25H25ClN4O7S. The Morgan fingerprint density at radius 1 is 0.868 bits per heavy atom. The molecule has 0 saturated carbocycles. The summed E-state index contributed by atoms with van der Waals surface area (Å²) in [6.07, 6.45) is 0.808. The predicted octanol–water partition coefficient (Wildman–Crippen LogP) is 2.56. The number of rotatable bonds is 11. The number of benzene rings is 2. The number of pyridine rings is 1. The van der Waals surface area contributed by atoms with Gasteiger partial charge in [0.2, 0.25) is 5.88 Å². The molecular weight excluding hydrogens is 536 g/mol. The predicted molar refractivity (Wildman–Crippen MR) is 139 cm³/mol. The normalized spacial score (nSPS) is 10.9. The number of sulfonamides is 1. The molecule has 0 aliphatic heterocycles. The van der Waals surface area contributed by atoms with E-state index >= 15 is 0 Å². The Labute approximate surface area is 224 Å². The van der Waals surface area contributed by atoms with Gasteiger partial charge in [-0.2, -0.15) is 0 Å². The van der Waals surface area contributed by atoms with Crippen molar-refractivity contribution in [2.75, 3.05) is 26.8 Å². The number of carbonyl (C=O) groups excluding carboxylic acids is 3. The van der Waals surface area contributed by atoms with Gasteiger partial charge in [0.1, 0.15) is 0 Å². The Balaban J connectivity index is 1.50. The highest BCUT2D eigenvalue weighted by molar-refractivity contribution is 7.90. The fraction of sp³-hybridized carbons (Fsp3) is 0.200. The van der Waals surface area contributed by atoms with Crippen LogP contribution in [0.3, 0.4) is 0 Å². The summed E-state index contributed by atoms with van der Waals surface area (Å²) in [4.78, 5) is 39.9. The molecule has 13 heteroatoms. The minimum atomic E-state index is -4.15. The van der Waals surface area contributed by atoms with Crippen molar-refractivity contribution in [3.8, 4) is 5.88 Å². The average Bonchev–Trinajstić information content (AvgIpc) is 2.89. The van der Waals surface area contributed by atoms with Crippen molar-refractivity contribution in [3.63, 3.8) is 0 Å². The summed E-state index contributed by atoms with van der Waals surface area (Å²) in [7, 11) is -2.67. The van der Waals surface area contributed by atoms with Gasteiger partial charge in [-0.25, -0.2) is 22.9 Å². The maximum absolute atomic E-state index is 12.6. The molecule has 1 aromatic heterocycles. The van der Waals surface area contributed by atoms with Crippen LogP contribution >= 0.6 is 11.6 Å². The minimum Gasteiger partial charge on any atom is -0.391 e. The number of nitrogens with zero attached hydrogens (tertiary/aromatic N) is 1. The Morgan fingerprint density at radius 2 is 1.55 bits per heavy atom. The minimum absolute atomic E-state index is 0.0474. The van der Waals surface area contributed by atoms with Crippen molar-refractivity contribution in [2.24, 2.45) is 0 Å². The average molecular weight is 561 g/mol. The van der Waals surface area contributed by atoms with Crippen molar-refractivity contribution in [1.82, 2.24) is 20.3 Å². The van der Waals surface area contributed by atoms with Crippen molar-refractivity contribution in [2.45, 2.75) is 11.3 Å². The van der Waals surface area contributed by atoms with Crippen molar-refractivity contribution >= 4 is 39.5 Å². The number of nitrogens with one attached hydrogen (secondary N) is 3. The SMILES string of the molecule is COCCNC(=O)Oc1ccc(C(=O)NS(=O)(=O)c2ccc(CCNC(=O)c3ccc(Cl)cc3)cc2)cn1. The first-order chi connectivity index (χ1) is 18.2. The molecule has 0 atom stereocenters. The van der Waals surface area contributed by atoms with Gasteiger partial charge in [0, 0.05) is 43.0 Å². The summed E-state index contributed by atoms with van der Waals surface area (Å²) >= 11 is 5.82. The second-order valence-corrected chi connectivity index (χ2v) is 9.90. The molecule has 3 rings (SSSR count). The molecule has 3 N–H and O–H groups in total. The molecule has 3 amide bonds. The number of hydrogen-bond donors (Lipinski definition) is 3. The molecule has 0 unspecified atom stereocenters. The third kappa shape index (κ3) is 8.54. The molecule has 0 bridgehead atoms. The molecule has 0 radical (unpaired) electrons. The highest BCUT2D eigenvalue weighted by Crippen LogP contribution is 2.14. The van der Waals surface area contributed by atoms with Gasteiger partial charge in [0.05, 0.1) is 17.1 Å². The van der Waals surface area contributed by atoms with Crippen LogP contribution in [0.25, 0.3) is 0 Å². The summed E-state index contributed by atoms with van der Waals surface area (Å²) in [5.41, 5.74) is 1.22. The van der Waals surface area contributed by atoms with E-state index in [1.165, 1.54) is 31.4 Å². The number of amides is 3. The second kappa shape index (κ2) is 13.5. The summed E-state index contributed by atoms with van der Waals surface area (Å²) in [6.45, 7) is 0.892. The highest BCUT2D eigenvalue weighted by Gasteiger charge is 2.19. The molecule has 0 aliphatic carbocycles. The molecule has 38 heavy (non-hydrogen) atoms. The lowest BCUT2D eigenvalue weighted by Crippen LogP contribution is -2.31. The van der Waals surface area contributed by atoms with Gasteiger partial charge in [-0.3, -0.25) is 9.59 Å². The lowest BCUT2D eigenvalue weighted by Gasteiger charge is -2.09. The number of aromatic nitrogens is 1. The van der Waals surface area contributed by atoms with E-state index in [0.717, 1.165) is 11.8 Å². The van der Waals surface area contributed by atoms with Gasteiger partial charge in [-0.15, -0.1) is 0 Å². The standard InChI is InChI=1S/C25H25ClN4O7S/c1-36-15-14-28-25(33)37-22-11-6-19(16-29-22)24(32)30-38(34,35)21-9-2-17(3-10-21)12-13-27-23(31)18-4-7-20(26)8-5-18/h2-11,16H,12-15H2,1H3,(H,27,31)(H,28,33)(H,30,32). The van der Waals surface area contributed by atoms with Gasteiger partial charge in [-0.05, 0) is 54.4 Å². The van der Waals surface area contributed by atoms with Gasteiger partial charge < -0.3 is 20.1 Å². The van der Waals surface area contributed by atoms with Crippen LogP contribution in [0.5, 0.6) is 5.88 Å². The van der Waals surface area contributed by atoms with Gasteiger partial charge in [-0.1, -0.05) is 23.7 Å². The van der Waals surface area contributed by atoms with E-state index in [0.29, 0.717) is 30.2 Å². The lowest BCUT2D eigenvalue weighted by molar-refractivity contribution is 0.0951. The quantitative estimate of drug-likeness (QED) is 0.302. The monoisotopic (exact) mass is 560 g/mol. The van der Waals surface area contributed by atoms with E-state index < -0.39 is 22.0 Å². The molecule has 2 aromatic carbocycles. The highest BCUT2D eigenvalue weighted by atomic mass is 35.5. The number of carbonyl (C=O) groups is 3. The van der Waals surface area contributed by atoms with Crippen molar-refractivity contribution in [3.05, 3.63) is 88.6 Å². The molecule has 3 aromatic rings. The van der Waals surface area contributed by atoms with Crippen LogP contribution in [0.2, 0.25) is 5.02 Å². The Kier molecular flexibility index (Phi) is 10.2. The summed E-state index contributed by atoms with van der Waals surface area (Å²) in [5, 5.41) is 5.76. The third-order valence-corrected chi connectivity index (χ3v) is 6.64. The van der Waals surface area contributed by atoms with Crippen molar-refractivity contribution in [1.29, 1.82) is 0 Å². The molecule has 0 saturated heterocycles. The first kappa shape index (κ1) is 28.6. The number of halogens is 1. The zero-order chi connectivity index (χ0) is 27.5. The zero-order valence-electron chi connectivity index (χ0n) is 20.3. The van der Waals surface area contributed by atoms with Gasteiger partial charge >= 0.3 is 6.09 Å². The van der Waals surface area contributed by atoms with Crippen LogP contribution in [0.1, 0.15) is 26.3 Å². The fourth-order valence-corrected chi connectivity index (χ4v) is 4.16. The summed E-state index contributed by atoms with van der Waals surface area (Å²) in [5.74, 6) is -1.22. The molecule has 11 nitrogen and oxygen atoms in total. The first-order valence-electron chi connectivity index (χ1n) is 11.3. The second-order valence-electron chi connectivity index (χ2n) is 7.79. The topological polar surface area (TPSA) is 153 Å². The van der Waals surface area contributed by atoms with Gasteiger partial charge in [0.15, 0.2) is 0 Å². The maximum atomic E-state index is 12.6. The molecule has 0 aliphatic rings. The lowest BCUT2D eigenvalue weighted by atomic mass is 10.1. The van der Waals surface area contributed by atoms with E-state index in [1.54, 1.807) is 36.4 Å². The Hall–Kier alpha value is -4.00. The van der Waals surface area contributed by atoms with Crippen LogP contribution < -0.4 is 20.1 Å². The van der Waals surface area contributed by atoms with Crippen LogP contribution in [0.4, 0.5) is 4.79 Å². The summed E-state index contributed by atoms with van der Waals surface area (Å²) < 4.78 is 37.0. The maximum Gasteiger partial charge on any atom is 0.414 e. The third-order valence-electron chi connectivity index (χ3n) is 5.04. The number of ether oxygens (including phenoxy) is 2. The zero-order valence-corrected chi connectivity index (χ0v) is 21.8. The molecule has 0 spiro atoms. The van der Waals surface area contributed by atoms with Crippen molar-refractivity contribution < 1.29 is 32.3 Å². The fourth-order valence-electron chi connectivity index (χ4n) is 3.06. The Bertz CT molecular complexity index is 1360. The van der Waals surface area contributed by atoms with Crippen LogP contribution in [0.15, 0.2) is 71.8 Å². The summed E-state index contributed by atoms with van der Waals surface area (Å²) in [6, 6.07) is 14.9. The Morgan fingerprint density at radius 3 is 2.18 bits per heavy atom. The molecule has 1 heterocycles. The largest absolute Gasteiger partial charge is 0.414 e. The number of methoxy groups -OCH3 is 1. The van der Waals surface area contributed by atoms with E-state index in [1.807, 2.05) is 4.72 Å². The van der Waals surface area contributed by atoms with E-state index in [-0.39, 0.29) is 28.8 Å². The van der Waals surface area contributed by atoms with Gasteiger partial charge in [0.25, 0.3) is 21.8 Å². The first-order valence-corrected chi connectivity index (χ1v) is 13.1. The van der Waals surface area contributed by atoms with Crippen LogP contribution in [-0.4, -0.2) is 58.1 Å². The van der Waals surface area contributed by atoms with Crippen LogP contribution in [-0.2, 0) is 21.2 Å². The number of hydrogen-bond acceptors (Lipinski definition) is 8. The molecule has 200 valence electrons. The van der Waals surface area contributed by atoms with E-state index in [9.17, 15) is 22.8 Å². The molecule has 0 fully saturated rings.